The molecular weight excluding hydrogens is 536 g/mol. The van der Waals surface area contributed by atoms with Crippen LogP contribution in [0.5, 0.6) is 5.75 Å². The van der Waals surface area contributed by atoms with Crippen LogP contribution in [0, 0.1) is 0 Å². The second-order valence-corrected chi connectivity index (χ2v) is 13.9. The summed E-state index contributed by atoms with van der Waals surface area (Å²) in [5.74, 6) is 0.954. The highest BCUT2D eigenvalue weighted by atomic mass is 35.5. The number of benzene rings is 2. The molecule has 0 saturated heterocycles. The smallest absolute Gasteiger partial charge is 0.135 e. The van der Waals surface area contributed by atoms with Gasteiger partial charge in [0.25, 0.3) is 0 Å². The minimum atomic E-state index is -2.80. The summed E-state index contributed by atoms with van der Waals surface area (Å²) in [5, 5.41) is 5.65. The highest BCUT2D eigenvalue weighted by molar-refractivity contribution is 8.33. The van der Waals surface area contributed by atoms with Gasteiger partial charge >= 0.3 is 0 Å². The molecule has 1 atom stereocenters. The zero-order valence-corrected chi connectivity index (χ0v) is 23.3. The van der Waals surface area contributed by atoms with Crippen molar-refractivity contribution in [3.63, 3.8) is 0 Å². The van der Waals surface area contributed by atoms with Crippen molar-refractivity contribution in [2.75, 3.05) is 20.8 Å². The van der Waals surface area contributed by atoms with Gasteiger partial charge in [0.1, 0.15) is 11.5 Å². The van der Waals surface area contributed by atoms with Crippen LogP contribution >= 0.6 is 22.9 Å². The van der Waals surface area contributed by atoms with Crippen LogP contribution in [0.2, 0.25) is 4.34 Å². The van der Waals surface area contributed by atoms with Crippen LogP contribution in [0.15, 0.2) is 58.8 Å². The van der Waals surface area contributed by atoms with Crippen molar-refractivity contribution >= 4 is 59.3 Å². The maximum absolute atomic E-state index is 13.5. The fourth-order valence-electron chi connectivity index (χ4n) is 4.06. The molecule has 0 aliphatic heterocycles. The molecule has 2 aromatic heterocycles. The highest BCUT2D eigenvalue weighted by Crippen LogP contribution is 2.33. The molecule has 10 heteroatoms. The van der Waals surface area contributed by atoms with Gasteiger partial charge in [-0.15, -0.1) is 11.3 Å². The van der Waals surface area contributed by atoms with E-state index in [1.54, 1.807) is 26.4 Å². The Labute approximate surface area is 224 Å². The topological polar surface area (TPSA) is 70.4 Å². The third-order valence-corrected chi connectivity index (χ3v) is 10.5. The van der Waals surface area contributed by atoms with Crippen LogP contribution in [0.25, 0.3) is 10.9 Å². The van der Waals surface area contributed by atoms with E-state index in [9.17, 15) is 9.00 Å². The van der Waals surface area contributed by atoms with Gasteiger partial charge in [-0.1, -0.05) is 41.9 Å². The zero-order chi connectivity index (χ0) is 25.7. The van der Waals surface area contributed by atoms with E-state index >= 15 is 0 Å². The van der Waals surface area contributed by atoms with E-state index < -0.39 is 8.49 Å². The van der Waals surface area contributed by atoms with Gasteiger partial charge < -0.3 is 9.47 Å². The second-order valence-electron chi connectivity index (χ2n) is 8.38. The summed E-state index contributed by atoms with van der Waals surface area (Å²) in [7, 11) is 0.405. The monoisotopic (exact) mass is 562 g/mol. The number of carbonyl (C=O) groups excluding carboxylic acids is 1. The van der Waals surface area contributed by atoms with E-state index in [4.69, 9.17) is 37.4 Å². The van der Waals surface area contributed by atoms with Crippen molar-refractivity contribution in [2.45, 2.75) is 35.8 Å². The average Bonchev–Trinajstić information content (AvgIpc) is 3.45. The first-order chi connectivity index (χ1) is 17.3. The van der Waals surface area contributed by atoms with E-state index in [2.05, 4.69) is 6.07 Å². The number of halogens is 1. The Hall–Kier alpha value is -2.30. The molecule has 6 nitrogen and oxygen atoms in total. The summed E-state index contributed by atoms with van der Waals surface area (Å²) >= 11 is 12.8. The molecule has 2 aromatic carbocycles. The Bertz CT molecular complexity index is 1480. The maximum atomic E-state index is 13.5. The van der Waals surface area contributed by atoms with Gasteiger partial charge in [-0.25, -0.2) is 0 Å². The Morgan fingerprint density at radius 1 is 1.11 bits per heavy atom. The van der Waals surface area contributed by atoms with Gasteiger partial charge in [0.05, 0.1) is 59.6 Å². The maximum Gasteiger partial charge on any atom is 0.135 e. The van der Waals surface area contributed by atoms with E-state index in [-0.39, 0.29) is 11.5 Å². The molecule has 2 heterocycles. The Morgan fingerprint density at radius 2 is 1.89 bits per heavy atom. The molecule has 0 amide bonds. The largest absolute Gasteiger partial charge is 0.496 e. The number of hydrogen-bond acceptors (Lipinski definition) is 7. The number of ether oxygens (including phenoxy) is 2. The third kappa shape index (κ3) is 6.33. The molecule has 0 N–H and O–H groups in total. The number of hydrogen-bond donors (Lipinski definition) is 0. The first kappa shape index (κ1) is 26.8. The molecule has 4 aromatic rings. The number of Topliss-reactive ketones (excluding diaryl/α,β-unsaturated/α-hetero) is 1. The lowest BCUT2D eigenvalue weighted by molar-refractivity contribution is -0.119. The summed E-state index contributed by atoms with van der Waals surface area (Å²) in [5.41, 5.74) is 3.65. The zero-order valence-electron chi connectivity index (χ0n) is 20.1. The number of aryl methyl sites for hydroxylation is 1. The van der Waals surface area contributed by atoms with Gasteiger partial charge in [0, 0.05) is 20.0 Å². The van der Waals surface area contributed by atoms with Crippen LogP contribution < -0.4 is 4.74 Å². The van der Waals surface area contributed by atoms with Gasteiger partial charge in [0.2, 0.25) is 0 Å². The predicted molar refractivity (Wildman–Crippen MR) is 148 cm³/mol. The summed E-state index contributed by atoms with van der Waals surface area (Å²) in [6, 6.07) is 17.3. The number of thiophene rings is 1. The number of ketones is 1. The van der Waals surface area contributed by atoms with E-state index in [0.29, 0.717) is 52.4 Å². The van der Waals surface area contributed by atoms with Crippen molar-refractivity contribution in [1.29, 1.82) is 0 Å². The molecule has 1 unspecified atom stereocenters. The molecule has 0 fully saturated rings. The lowest BCUT2D eigenvalue weighted by Crippen LogP contribution is -2.06. The summed E-state index contributed by atoms with van der Waals surface area (Å²) in [6.45, 7) is 0.964. The molecule has 190 valence electrons. The van der Waals surface area contributed by atoms with E-state index in [1.807, 2.05) is 41.1 Å². The quantitative estimate of drug-likeness (QED) is 0.222. The second kappa shape index (κ2) is 11.8. The van der Waals surface area contributed by atoms with Crippen molar-refractivity contribution in [3.05, 3.63) is 75.8 Å². The first-order valence-electron chi connectivity index (χ1n) is 11.4. The van der Waals surface area contributed by atoms with Gasteiger partial charge in [-0.05, 0) is 53.0 Å². The van der Waals surface area contributed by atoms with Crippen LogP contribution in [0.1, 0.15) is 29.7 Å². The number of rotatable bonds is 12. The van der Waals surface area contributed by atoms with Crippen LogP contribution in [0.3, 0.4) is 0 Å². The molecule has 4 rings (SSSR count). The Kier molecular flexibility index (Phi) is 8.79. The van der Waals surface area contributed by atoms with Gasteiger partial charge in [-0.3, -0.25) is 13.7 Å². The Balaban J connectivity index is 1.62. The summed E-state index contributed by atoms with van der Waals surface area (Å²) < 4.78 is 27.1. The third-order valence-electron chi connectivity index (χ3n) is 5.82. The number of carbonyl (C=O) groups is 1. The fourth-order valence-corrected chi connectivity index (χ4v) is 7.72. The molecule has 0 radical (unpaired) electrons. The number of fused-ring (bicyclic) bond motifs is 1. The SMILES string of the molecule is COCCC(=O)CCc1cccc(Cn2nc(CS(=O)(=S)c3ccc(Cl)s3)c3c(OC)cccc32)c1. The highest BCUT2D eigenvalue weighted by Gasteiger charge is 2.21. The van der Waals surface area contributed by atoms with Crippen molar-refractivity contribution in [2.24, 2.45) is 0 Å². The molecule has 0 aliphatic rings. The molecule has 0 saturated carbocycles. The fraction of sp³-hybridized carbons (Fsp3) is 0.308. The normalized spacial score (nSPS) is 13.1. The number of methoxy groups -OCH3 is 2. The van der Waals surface area contributed by atoms with Crippen molar-refractivity contribution < 1.29 is 18.5 Å². The van der Waals surface area contributed by atoms with Crippen LogP contribution in [0.4, 0.5) is 0 Å². The van der Waals surface area contributed by atoms with E-state index in [0.717, 1.165) is 22.0 Å². The summed E-state index contributed by atoms with van der Waals surface area (Å²) in [4.78, 5) is 12.0. The minimum absolute atomic E-state index is 0.104. The number of aromatic nitrogens is 2. The molecule has 0 bridgehead atoms. The first-order valence-corrected chi connectivity index (χ1v) is 15.2. The van der Waals surface area contributed by atoms with Crippen LogP contribution in [-0.4, -0.2) is 40.6 Å². The molecule has 0 aliphatic carbocycles. The summed E-state index contributed by atoms with van der Waals surface area (Å²) in [6.07, 6.45) is 1.60. The molecule has 0 spiro atoms. The predicted octanol–water partition coefficient (Wildman–Crippen LogP) is 5.65. The lowest BCUT2D eigenvalue weighted by Gasteiger charge is -2.08. The van der Waals surface area contributed by atoms with Crippen LogP contribution in [-0.2, 0) is 47.9 Å². The lowest BCUT2D eigenvalue weighted by atomic mass is 10.0. The standard InChI is InChI=1S/C26H27ClN2O4S3/c1-32-14-13-20(30)10-9-18-5-3-6-19(15-18)16-29-22-7-4-8-23(33-2)26(22)21(28-29)17-36(31,34)25-12-11-24(27)35-25/h3-8,11-12,15H,9-10,13-14,16-17H2,1-2H3. The van der Waals surface area contributed by atoms with E-state index in [1.165, 1.54) is 11.3 Å². The Morgan fingerprint density at radius 3 is 2.61 bits per heavy atom. The van der Waals surface area contributed by atoms with Gasteiger partial charge in [-0.2, -0.15) is 5.10 Å². The average molecular weight is 563 g/mol. The molecule has 36 heavy (non-hydrogen) atoms. The molecular formula is C26H27ClN2O4S3. The number of nitrogens with zero attached hydrogens (tertiary/aromatic N) is 2. The van der Waals surface area contributed by atoms with Gasteiger partial charge in [0.15, 0.2) is 0 Å². The van der Waals surface area contributed by atoms with Crippen molar-refractivity contribution in [3.8, 4) is 5.75 Å². The minimum Gasteiger partial charge on any atom is -0.496 e. The van der Waals surface area contributed by atoms with Crippen molar-refractivity contribution in [1.82, 2.24) is 9.78 Å².